The Morgan fingerprint density at radius 3 is 2.76 bits per heavy atom. The number of hydrogen-bond donors (Lipinski definition) is 1. The summed E-state index contributed by atoms with van der Waals surface area (Å²) in [6, 6.07) is 0. The zero-order valence-corrected chi connectivity index (χ0v) is 12.2. The highest BCUT2D eigenvalue weighted by Gasteiger charge is 2.16. The second-order valence-corrected chi connectivity index (χ2v) is 5.22. The van der Waals surface area contributed by atoms with Crippen LogP contribution in [0.25, 0.3) is 0 Å². The van der Waals surface area contributed by atoms with E-state index in [9.17, 15) is 4.79 Å². The smallest absolute Gasteiger partial charge is 0.139 e. The predicted octanol–water partition coefficient (Wildman–Crippen LogP) is 2.07. The van der Waals surface area contributed by atoms with E-state index < -0.39 is 0 Å². The molecule has 96 valence electrons. The summed E-state index contributed by atoms with van der Waals surface area (Å²) in [5.74, 6) is 0.471. The van der Waals surface area contributed by atoms with Gasteiger partial charge in [0.1, 0.15) is 5.78 Å². The highest BCUT2D eigenvalue weighted by atomic mass is 79.9. The van der Waals surface area contributed by atoms with Crippen molar-refractivity contribution < 1.29 is 4.79 Å². The van der Waals surface area contributed by atoms with Crippen LogP contribution in [0.5, 0.6) is 0 Å². The van der Waals surface area contributed by atoms with Crippen molar-refractivity contribution in [3.05, 3.63) is 15.9 Å². The Balaban J connectivity index is 2.77. The summed E-state index contributed by atoms with van der Waals surface area (Å²) in [6.45, 7) is 7.29. The molecule has 0 radical (unpaired) electrons. The van der Waals surface area contributed by atoms with Crippen molar-refractivity contribution in [2.24, 2.45) is 11.7 Å². The topological polar surface area (TPSA) is 60.9 Å². The fraction of sp³-hybridized carbons (Fsp3) is 0.667. The Morgan fingerprint density at radius 2 is 2.24 bits per heavy atom. The Hall–Kier alpha value is -0.680. The van der Waals surface area contributed by atoms with Gasteiger partial charge >= 0.3 is 0 Å². The maximum Gasteiger partial charge on any atom is 0.139 e. The molecule has 0 spiro atoms. The number of nitrogens with zero attached hydrogens (tertiary/aromatic N) is 2. The molecule has 0 saturated heterocycles. The number of halogens is 1. The van der Waals surface area contributed by atoms with Gasteiger partial charge in [-0.05, 0) is 42.2 Å². The zero-order valence-electron chi connectivity index (χ0n) is 10.7. The van der Waals surface area contributed by atoms with Gasteiger partial charge in [-0.3, -0.25) is 9.48 Å². The summed E-state index contributed by atoms with van der Waals surface area (Å²) in [6.07, 6.45) is 0.969. The van der Waals surface area contributed by atoms with Crippen molar-refractivity contribution in [1.82, 2.24) is 9.78 Å². The molecule has 0 aliphatic rings. The number of carbonyl (C=O) groups excluding carboxylic acids is 1. The van der Waals surface area contributed by atoms with Crippen molar-refractivity contribution in [2.75, 3.05) is 6.54 Å². The van der Waals surface area contributed by atoms with Crippen molar-refractivity contribution in [2.45, 2.75) is 40.2 Å². The van der Waals surface area contributed by atoms with Crippen LogP contribution in [-0.2, 0) is 17.8 Å². The van der Waals surface area contributed by atoms with E-state index in [0.29, 0.717) is 19.4 Å². The first kappa shape index (κ1) is 14.4. The normalized spacial score (nSPS) is 12.8. The molecule has 1 aromatic heterocycles. The highest BCUT2D eigenvalue weighted by molar-refractivity contribution is 9.10. The van der Waals surface area contributed by atoms with Crippen molar-refractivity contribution in [3.63, 3.8) is 0 Å². The predicted molar refractivity (Wildman–Crippen MR) is 71.9 cm³/mol. The van der Waals surface area contributed by atoms with Gasteiger partial charge in [-0.2, -0.15) is 5.10 Å². The molecule has 2 N–H and O–H groups in total. The van der Waals surface area contributed by atoms with Crippen molar-refractivity contribution in [3.8, 4) is 0 Å². The van der Waals surface area contributed by atoms with Crippen molar-refractivity contribution in [1.29, 1.82) is 0 Å². The Bertz CT molecular complexity index is 401. The molecule has 1 unspecified atom stereocenters. The molecule has 5 heteroatoms. The van der Waals surface area contributed by atoms with E-state index in [1.807, 2.05) is 25.5 Å². The molecule has 1 atom stereocenters. The Morgan fingerprint density at radius 1 is 1.59 bits per heavy atom. The van der Waals surface area contributed by atoms with Crippen LogP contribution in [-0.4, -0.2) is 22.1 Å². The fourth-order valence-corrected chi connectivity index (χ4v) is 2.19. The maximum atomic E-state index is 11.9. The average molecular weight is 302 g/mol. The number of ketones is 1. The van der Waals surface area contributed by atoms with Gasteiger partial charge in [0.2, 0.25) is 0 Å². The van der Waals surface area contributed by atoms with Crippen molar-refractivity contribution >= 4 is 21.7 Å². The number of nitrogens with two attached hydrogens (primary N) is 1. The third-order valence-electron chi connectivity index (χ3n) is 2.80. The molecule has 0 fully saturated rings. The van der Waals surface area contributed by atoms with Crippen LogP contribution in [0.3, 0.4) is 0 Å². The van der Waals surface area contributed by atoms with Gasteiger partial charge in [0.05, 0.1) is 15.9 Å². The minimum atomic E-state index is 0.221. The van der Waals surface area contributed by atoms with Gasteiger partial charge in [0.25, 0.3) is 0 Å². The molecule has 0 aliphatic carbocycles. The first-order chi connectivity index (χ1) is 7.99. The number of rotatable bonds is 6. The van der Waals surface area contributed by atoms with E-state index in [1.54, 1.807) is 0 Å². The lowest BCUT2D eigenvalue weighted by Gasteiger charge is -2.08. The lowest BCUT2D eigenvalue weighted by Crippen LogP contribution is -2.17. The molecule has 0 amide bonds. The summed E-state index contributed by atoms with van der Waals surface area (Å²) in [4.78, 5) is 11.9. The monoisotopic (exact) mass is 301 g/mol. The van der Waals surface area contributed by atoms with E-state index in [2.05, 4.69) is 21.0 Å². The number of carbonyl (C=O) groups is 1. The van der Waals surface area contributed by atoms with Crippen LogP contribution < -0.4 is 5.73 Å². The van der Waals surface area contributed by atoms with Gasteiger partial charge in [-0.15, -0.1) is 0 Å². The molecular formula is C12H20BrN3O. The molecule has 0 bridgehead atoms. The SMILES string of the molecule is CCn1nc(C)c(Br)c1CC(=O)CC(C)CN. The van der Waals surface area contributed by atoms with Crippen LogP contribution in [0.15, 0.2) is 4.47 Å². The quantitative estimate of drug-likeness (QED) is 0.875. The molecule has 4 nitrogen and oxygen atoms in total. The van der Waals surface area contributed by atoms with Crippen LogP contribution in [0, 0.1) is 12.8 Å². The van der Waals surface area contributed by atoms with Gasteiger partial charge in [-0.25, -0.2) is 0 Å². The fourth-order valence-electron chi connectivity index (χ4n) is 1.77. The first-order valence-electron chi connectivity index (χ1n) is 5.93. The molecule has 17 heavy (non-hydrogen) atoms. The second kappa shape index (κ2) is 6.31. The van der Waals surface area contributed by atoms with E-state index in [0.717, 1.165) is 22.4 Å². The average Bonchev–Trinajstić information content (AvgIpc) is 2.56. The summed E-state index contributed by atoms with van der Waals surface area (Å²) in [5.41, 5.74) is 7.43. The summed E-state index contributed by atoms with van der Waals surface area (Å²) in [7, 11) is 0. The minimum absolute atomic E-state index is 0.221. The molecule has 0 aliphatic heterocycles. The van der Waals surface area contributed by atoms with E-state index in [4.69, 9.17) is 5.73 Å². The first-order valence-corrected chi connectivity index (χ1v) is 6.72. The van der Waals surface area contributed by atoms with Crippen LogP contribution in [0.1, 0.15) is 31.7 Å². The van der Waals surface area contributed by atoms with Gasteiger partial charge in [0, 0.05) is 19.4 Å². The Kier molecular flexibility index (Phi) is 5.33. The van der Waals surface area contributed by atoms with Gasteiger partial charge in [-0.1, -0.05) is 6.92 Å². The maximum absolute atomic E-state index is 11.9. The molecule has 0 saturated carbocycles. The van der Waals surface area contributed by atoms with Crippen LogP contribution >= 0.6 is 15.9 Å². The summed E-state index contributed by atoms with van der Waals surface area (Å²) < 4.78 is 2.83. The second-order valence-electron chi connectivity index (χ2n) is 4.42. The highest BCUT2D eigenvalue weighted by Crippen LogP contribution is 2.22. The number of hydrogen-bond acceptors (Lipinski definition) is 3. The summed E-state index contributed by atoms with van der Waals surface area (Å²) >= 11 is 3.49. The minimum Gasteiger partial charge on any atom is -0.330 e. The largest absolute Gasteiger partial charge is 0.330 e. The molecular weight excluding hydrogens is 282 g/mol. The van der Waals surface area contributed by atoms with Gasteiger partial charge < -0.3 is 5.73 Å². The van der Waals surface area contributed by atoms with Crippen LogP contribution in [0.4, 0.5) is 0 Å². The zero-order chi connectivity index (χ0) is 13.0. The standard InChI is InChI=1S/C12H20BrN3O/c1-4-16-11(12(13)9(3)15-16)6-10(17)5-8(2)7-14/h8H,4-7,14H2,1-3H3. The van der Waals surface area contributed by atoms with Gasteiger partial charge in [0.15, 0.2) is 0 Å². The molecule has 0 aromatic carbocycles. The lowest BCUT2D eigenvalue weighted by atomic mass is 10.0. The third kappa shape index (κ3) is 3.64. The number of aromatic nitrogens is 2. The third-order valence-corrected chi connectivity index (χ3v) is 3.83. The van der Waals surface area contributed by atoms with Crippen LogP contribution in [0.2, 0.25) is 0 Å². The molecule has 1 rings (SSSR count). The van der Waals surface area contributed by atoms with E-state index in [-0.39, 0.29) is 11.7 Å². The number of Topliss-reactive ketones (excluding diaryl/α,β-unsaturated/α-hetero) is 1. The summed E-state index contributed by atoms with van der Waals surface area (Å²) in [5, 5.41) is 4.37. The van der Waals surface area contributed by atoms with E-state index in [1.165, 1.54) is 0 Å². The van der Waals surface area contributed by atoms with E-state index >= 15 is 0 Å². The molecule has 1 aromatic rings. The number of aryl methyl sites for hydroxylation is 2. The lowest BCUT2D eigenvalue weighted by molar-refractivity contribution is -0.119. The Labute approximate surface area is 111 Å². The molecule has 1 heterocycles.